The Morgan fingerprint density at radius 2 is 1.54 bits per heavy atom. The van der Waals surface area contributed by atoms with Crippen LogP contribution in [-0.2, 0) is 23.9 Å². The van der Waals surface area contributed by atoms with E-state index in [-0.39, 0.29) is 5.75 Å². The van der Waals surface area contributed by atoms with Gasteiger partial charge in [-0.05, 0) is 45.3 Å². The van der Waals surface area contributed by atoms with E-state index in [2.05, 4.69) is 4.90 Å². The van der Waals surface area contributed by atoms with Crippen molar-refractivity contribution in [3.05, 3.63) is 24.3 Å². The summed E-state index contributed by atoms with van der Waals surface area (Å²) in [5.41, 5.74) is -0.00277. The van der Waals surface area contributed by atoms with E-state index >= 15 is 0 Å². The van der Waals surface area contributed by atoms with Crippen molar-refractivity contribution in [3.8, 4) is 0 Å². The molecule has 0 amide bonds. The van der Waals surface area contributed by atoms with Gasteiger partial charge in [-0.1, -0.05) is 12.1 Å². The molecule has 8 heteroatoms. The van der Waals surface area contributed by atoms with Crippen LogP contribution in [0.15, 0.2) is 29.2 Å². The molecule has 2 saturated heterocycles. The molecule has 2 aliphatic rings. The quantitative estimate of drug-likeness (QED) is 0.712. The van der Waals surface area contributed by atoms with Gasteiger partial charge in [0.05, 0.1) is 35.1 Å². The summed E-state index contributed by atoms with van der Waals surface area (Å²) in [6.07, 6.45) is 0. The van der Waals surface area contributed by atoms with E-state index < -0.39 is 28.2 Å². The van der Waals surface area contributed by atoms with Crippen molar-refractivity contribution < 1.29 is 22.5 Å². The maximum absolute atomic E-state index is 12.6. The molecule has 0 N–H and O–H groups in total. The van der Waals surface area contributed by atoms with Gasteiger partial charge in [0.1, 0.15) is 0 Å². The Morgan fingerprint density at radius 3 is 2.08 bits per heavy atom. The van der Waals surface area contributed by atoms with Gasteiger partial charge in [-0.25, -0.2) is 8.42 Å². The van der Waals surface area contributed by atoms with Crippen LogP contribution in [0.3, 0.4) is 0 Å². The molecule has 26 heavy (non-hydrogen) atoms. The van der Waals surface area contributed by atoms with Crippen LogP contribution in [-0.4, -0.2) is 70.2 Å². The Hall–Kier alpha value is -0.925. The molecule has 2 aliphatic heterocycles. The van der Waals surface area contributed by atoms with Gasteiger partial charge < -0.3 is 14.0 Å². The van der Waals surface area contributed by atoms with Crippen LogP contribution >= 0.6 is 0 Å². The Bertz CT molecular complexity index is 710. The molecule has 1 aromatic rings. The predicted octanol–water partition coefficient (Wildman–Crippen LogP) is 1.09. The molecule has 1 aromatic carbocycles. The van der Waals surface area contributed by atoms with E-state index in [9.17, 15) is 8.42 Å². The highest BCUT2D eigenvalue weighted by atomic mass is 32.2. The number of hydrogen-bond acceptors (Lipinski definition) is 6. The van der Waals surface area contributed by atoms with Crippen LogP contribution in [0.25, 0.3) is 0 Å². The summed E-state index contributed by atoms with van der Waals surface area (Å²) < 4.78 is 42.5. The Balaban J connectivity index is 1.65. The van der Waals surface area contributed by atoms with Crippen molar-refractivity contribution in [2.24, 2.45) is 0 Å². The molecule has 0 unspecified atom stereocenters. The fraction of sp³-hybridized carbons (Fsp3) is 0.667. The van der Waals surface area contributed by atoms with Crippen LogP contribution in [0.2, 0.25) is 0 Å². The second-order valence-corrected chi connectivity index (χ2v) is 10.0. The number of benzene rings is 1. The zero-order chi connectivity index (χ0) is 19.0. The summed E-state index contributed by atoms with van der Waals surface area (Å²) in [6, 6.07) is 6.86. The molecular formula is C18H28BNO5S. The van der Waals surface area contributed by atoms with Crippen LogP contribution < -0.4 is 5.46 Å². The Kier molecular flexibility index (Phi) is 5.52. The molecule has 0 radical (unpaired) electrons. The normalized spacial score (nSPS) is 23.3. The van der Waals surface area contributed by atoms with Gasteiger partial charge in [-0.15, -0.1) is 0 Å². The molecule has 0 saturated carbocycles. The topological polar surface area (TPSA) is 65.1 Å². The van der Waals surface area contributed by atoms with E-state index in [4.69, 9.17) is 14.0 Å². The lowest BCUT2D eigenvalue weighted by Crippen LogP contribution is -2.41. The molecule has 6 nitrogen and oxygen atoms in total. The number of morpholine rings is 1. The molecular weight excluding hydrogens is 353 g/mol. The first-order valence-corrected chi connectivity index (χ1v) is 10.7. The Labute approximate surface area is 156 Å². The Morgan fingerprint density at radius 1 is 1.00 bits per heavy atom. The lowest BCUT2D eigenvalue weighted by Gasteiger charge is -2.32. The maximum Gasteiger partial charge on any atom is 0.494 e. The first-order chi connectivity index (χ1) is 12.1. The standard InChI is InChI=1S/C18H28BNO5S/c1-17(2)18(3,4)25-19(24-17)15-5-7-16(8-6-15)26(21,22)14-11-20-9-12-23-13-10-20/h5-8H,9-14H2,1-4H3. The number of rotatable bonds is 5. The van der Waals surface area contributed by atoms with E-state index in [0.29, 0.717) is 24.7 Å². The van der Waals surface area contributed by atoms with E-state index in [1.54, 1.807) is 24.3 Å². The molecule has 2 fully saturated rings. The highest BCUT2D eigenvalue weighted by Gasteiger charge is 2.51. The predicted molar refractivity (Wildman–Crippen MR) is 101 cm³/mol. The van der Waals surface area contributed by atoms with Gasteiger partial charge >= 0.3 is 7.12 Å². The molecule has 0 aromatic heterocycles. The van der Waals surface area contributed by atoms with E-state index in [1.165, 1.54) is 0 Å². The van der Waals surface area contributed by atoms with Crippen LogP contribution in [0.1, 0.15) is 27.7 Å². The smallest absolute Gasteiger partial charge is 0.399 e. The molecule has 0 bridgehead atoms. The minimum Gasteiger partial charge on any atom is -0.399 e. The van der Waals surface area contributed by atoms with Crippen molar-refractivity contribution in [1.29, 1.82) is 0 Å². The highest BCUT2D eigenvalue weighted by Crippen LogP contribution is 2.36. The first-order valence-electron chi connectivity index (χ1n) is 9.09. The molecule has 2 heterocycles. The summed E-state index contributed by atoms with van der Waals surface area (Å²) in [6.45, 7) is 11.4. The zero-order valence-corrected chi connectivity index (χ0v) is 16.8. The molecule has 0 aliphatic carbocycles. The highest BCUT2D eigenvalue weighted by molar-refractivity contribution is 7.91. The third-order valence-electron chi connectivity index (χ3n) is 5.54. The fourth-order valence-corrected chi connectivity index (χ4v) is 4.29. The average molecular weight is 381 g/mol. The lowest BCUT2D eigenvalue weighted by molar-refractivity contribution is 0.00578. The summed E-state index contributed by atoms with van der Waals surface area (Å²) in [5, 5.41) is 0. The van der Waals surface area contributed by atoms with Crippen molar-refractivity contribution in [2.45, 2.75) is 43.8 Å². The lowest BCUT2D eigenvalue weighted by atomic mass is 9.79. The summed E-state index contributed by atoms with van der Waals surface area (Å²) in [4.78, 5) is 2.46. The van der Waals surface area contributed by atoms with Crippen LogP contribution in [0.4, 0.5) is 0 Å². The van der Waals surface area contributed by atoms with Crippen molar-refractivity contribution in [3.63, 3.8) is 0 Å². The van der Waals surface area contributed by atoms with Gasteiger partial charge in [-0.2, -0.15) is 0 Å². The monoisotopic (exact) mass is 381 g/mol. The van der Waals surface area contributed by atoms with Gasteiger partial charge in [0.25, 0.3) is 0 Å². The average Bonchev–Trinajstić information content (AvgIpc) is 2.82. The number of nitrogens with zero attached hydrogens (tertiary/aromatic N) is 1. The third kappa shape index (κ3) is 4.15. The third-order valence-corrected chi connectivity index (χ3v) is 7.26. The molecule has 144 valence electrons. The minimum atomic E-state index is -3.31. The minimum absolute atomic E-state index is 0.114. The van der Waals surface area contributed by atoms with Crippen LogP contribution in [0, 0.1) is 0 Å². The van der Waals surface area contributed by atoms with Gasteiger partial charge in [0.15, 0.2) is 9.84 Å². The maximum atomic E-state index is 12.6. The molecule has 3 rings (SSSR count). The summed E-state index contributed by atoms with van der Waals surface area (Å²) >= 11 is 0. The zero-order valence-electron chi connectivity index (χ0n) is 16.0. The molecule has 0 spiro atoms. The van der Waals surface area contributed by atoms with Crippen molar-refractivity contribution in [2.75, 3.05) is 38.6 Å². The van der Waals surface area contributed by atoms with E-state index in [1.807, 2.05) is 27.7 Å². The number of ether oxygens (including phenoxy) is 1. The molecule has 0 atom stereocenters. The number of sulfone groups is 1. The largest absolute Gasteiger partial charge is 0.494 e. The SMILES string of the molecule is CC1(C)OB(c2ccc(S(=O)(=O)CCN3CCOCC3)cc2)OC1(C)C. The van der Waals surface area contributed by atoms with E-state index in [0.717, 1.165) is 18.6 Å². The second-order valence-electron chi connectivity index (χ2n) is 7.93. The summed E-state index contributed by atoms with van der Waals surface area (Å²) in [7, 11) is -3.79. The van der Waals surface area contributed by atoms with Crippen molar-refractivity contribution in [1.82, 2.24) is 4.90 Å². The van der Waals surface area contributed by atoms with Crippen molar-refractivity contribution >= 4 is 22.4 Å². The van der Waals surface area contributed by atoms with Gasteiger partial charge in [0.2, 0.25) is 0 Å². The second kappa shape index (κ2) is 7.24. The number of hydrogen-bond donors (Lipinski definition) is 0. The fourth-order valence-electron chi connectivity index (χ4n) is 3.00. The van der Waals surface area contributed by atoms with Gasteiger partial charge in [0, 0.05) is 19.6 Å². The van der Waals surface area contributed by atoms with Gasteiger partial charge in [-0.3, -0.25) is 4.90 Å². The first kappa shape index (κ1) is 19.8. The summed E-state index contributed by atoms with van der Waals surface area (Å²) in [5.74, 6) is 0.114. The van der Waals surface area contributed by atoms with Crippen LogP contribution in [0.5, 0.6) is 0 Å².